The fourth-order valence-electron chi connectivity index (χ4n) is 3.14. The first-order chi connectivity index (χ1) is 12.5. The van der Waals surface area contributed by atoms with Crippen molar-refractivity contribution in [1.82, 2.24) is 10.2 Å². The molecule has 9 heteroatoms. The van der Waals surface area contributed by atoms with Gasteiger partial charge in [-0.05, 0) is 38.4 Å². The number of carbonyl (C=O) groups excluding carboxylic acids is 2. The number of ether oxygens (including phenoxy) is 1. The van der Waals surface area contributed by atoms with Gasteiger partial charge in [-0.25, -0.2) is 9.18 Å². The SMILES string of the molecule is O=C1COc2c(F)cc(NC(=O)NCCCN3CCCC(O)C3)cc2N1. The van der Waals surface area contributed by atoms with E-state index >= 15 is 0 Å². The van der Waals surface area contributed by atoms with Crippen molar-refractivity contribution in [3.05, 3.63) is 17.9 Å². The second-order valence-electron chi connectivity index (χ2n) is 6.50. The number of carbonyl (C=O) groups is 2. The fraction of sp³-hybridized carbons (Fsp3) is 0.529. The standard InChI is InChI=1S/C17H23FN4O4/c18-13-7-11(8-14-16(13)26-10-15(24)21-14)20-17(25)19-4-2-6-22-5-1-3-12(23)9-22/h7-8,12,23H,1-6,9-10H2,(H,21,24)(H2,19,20,25). The van der Waals surface area contributed by atoms with Crippen molar-refractivity contribution >= 4 is 23.3 Å². The number of halogens is 1. The van der Waals surface area contributed by atoms with Gasteiger partial charge in [0.2, 0.25) is 0 Å². The molecule has 2 heterocycles. The van der Waals surface area contributed by atoms with Gasteiger partial charge in [0.1, 0.15) is 0 Å². The molecule has 26 heavy (non-hydrogen) atoms. The minimum absolute atomic E-state index is 0.0284. The van der Waals surface area contributed by atoms with Gasteiger partial charge in [-0.3, -0.25) is 4.79 Å². The highest BCUT2D eigenvalue weighted by atomic mass is 19.1. The topological polar surface area (TPSA) is 103 Å². The summed E-state index contributed by atoms with van der Waals surface area (Å²) < 4.78 is 19.0. The van der Waals surface area contributed by atoms with Gasteiger partial charge < -0.3 is 30.7 Å². The van der Waals surface area contributed by atoms with Crippen molar-refractivity contribution in [1.29, 1.82) is 0 Å². The van der Waals surface area contributed by atoms with Gasteiger partial charge in [-0.2, -0.15) is 0 Å². The number of hydrogen-bond donors (Lipinski definition) is 4. The Balaban J connectivity index is 1.44. The highest BCUT2D eigenvalue weighted by molar-refractivity contribution is 5.97. The number of hydrogen-bond acceptors (Lipinski definition) is 5. The van der Waals surface area contributed by atoms with Crippen molar-refractivity contribution in [2.75, 3.05) is 43.4 Å². The number of nitrogens with one attached hydrogen (secondary N) is 3. The molecular formula is C17H23FN4O4. The number of amides is 3. The second kappa shape index (κ2) is 8.33. The fourth-order valence-corrected chi connectivity index (χ4v) is 3.14. The number of aliphatic hydroxyl groups excluding tert-OH is 1. The maximum Gasteiger partial charge on any atom is 0.319 e. The third-order valence-corrected chi connectivity index (χ3v) is 4.34. The largest absolute Gasteiger partial charge is 0.478 e. The van der Waals surface area contributed by atoms with Crippen LogP contribution in [0.1, 0.15) is 19.3 Å². The van der Waals surface area contributed by atoms with E-state index in [1.54, 1.807) is 0 Å². The van der Waals surface area contributed by atoms with Crippen molar-refractivity contribution in [3.63, 3.8) is 0 Å². The molecule has 2 aliphatic heterocycles. The van der Waals surface area contributed by atoms with Crippen LogP contribution in [0.3, 0.4) is 0 Å². The molecule has 4 N–H and O–H groups in total. The third kappa shape index (κ3) is 4.83. The van der Waals surface area contributed by atoms with E-state index in [4.69, 9.17) is 4.74 Å². The molecule has 1 aromatic rings. The maximum absolute atomic E-state index is 14.0. The molecule has 0 saturated carbocycles. The molecule has 0 spiro atoms. The summed E-state index contributed by atoms with van der Waals surface area (Å²) in [5, 5.41) is 17.4. The Bertz CT molecular complexity index is 685. The van der Waals surface area contributed by atoms with E-state index in [0.29, 0.717) is 13.1 Å². The lowest BCUT2D eigenvalue weighted by Crippen LogP contribution is -2.40. The first-order valence-corrected chi connectivity index (χ1v) is 8.73. The molecule has 3 amide bonds. The molecule has 1 fully saturated rings. The lowest BCUT2D eigenvalue weighted by molar-refractivity contribution is -0.118. The van der Waals surface area contributed by atoms with Crippen LogP contribution in [0.25, 0.3) is 0 Å². The summed E-state index contributed by atoms with van der Waals surface area (Å²) in [6.07, 6.45) is 2.32. The summed E-state index contributed by atoms with van der Waals surface area (Å²) in [4.78, 5) is 25.4. The minimum Gasteiger partial charge on any atom is -0.478 e. The average Bonchev–Trinajstić information content (AvgIpc) is 2.58. The van der Waals surface area contributed by atoms with E-state index in [1.807, 2.05) is 0 Å². The summed E-state index contributed by atoms with van der Waals surface area (Å²) >= 11 is 0. The van der Waals surface area contributed by atoms with Crippen LogP contribution in [0.4, 0.5) is 20.6 Å². The zero-order valence-electron chi connectivity index (χ0n) is 14.4. The Morgan fingerprint density at radius 3 is 3.12 bits per heavy atom. The third-order valence-electron chi connectivity index (χ3n) is 4.34. The van der Waals surface area contributed by atoms with Gasteiger partial charge in [0.05, 0.1) is 11.8 Å². The molecule has 8 nitrogen and oxygen atoms in total. The number of β-amino-alcohol motifs (C(OH)–C–C–N with tert-alkyl or cyclic N) is 1. The predicted molar refractivity (Wildman–Crippen MR) is 93.8 cm³/mol. The minimum atomic E-state index is -0.651. The zero-order chi connectivity index (χ0) is 18.5. The van der Waals surface area contributed by atoms with E-state index < -0.39 is 11.8 Å². The number of urea groups is 1. The summed E-state index contributed by atoms with van der Waals surface area (Å²) in [6.45, 7) is 2.67. The highest BCUT2D eigenvalue weighted by Crippen LogP contribution is 2.33. The van der Waals surface area contributed by atoms with Crippen LogP contribution in [0.15, 0.2) is 12.1 Å². The van der Waals surface area contributed by atoms with Gasteiger partial charge in [0, 0.05) is 24.8 Å². The van der Waals surface area contributed by atoms with Gasteiger partial charge in [0.25, 0.3) is 5.91 Å². The number of benzene rings is 1. The van der Waals surface area contributed by atoms with Crippen LogP contribution in [0, 0.1) is 5.82 Å². The molecular weight excluding hydrogens is 343 g/mol. The Kier molecular flexibility index (Phi) is 5.89. The molecule has 3 rings (SSSR count). The molecule has 1 unspecified atom stereocenters. The molecule has 0 aromatic heterocycles. The molecule has 0 radical (unpaired) electrons. The van der Waals surface area contributed by atoms with Crippen LogP contribution in [-0.4, -0.2) is 60.8 Å². The van der Waals surface area contributed by atoms with E-state index in [2.05, 4.69) is 20.9 Å². The van der Waals surface area contributed by atoms with Crippen molar-refractivity contribution in [3.8, 4) is 5.75 Å². The Morgan fingerprint density at radius 1 is 1.46 bits per heavy atom. The molecule has 1 aromatic carbocycles. The smallest absolute Gasteiger partial charge is 0.319 e. The van der Waals surface area contributed by atoms with Crippen molar-refractivity contribution in [2.24, 2.45) is 0 Å². The van der Waals surface area contributed by atoms with Crippen molar-refractivity contribution in [2.45, 2.75) is 25.4 Å². The van der Waals surface area contributed by atoms with Crippen LogP contribution in [0.5, 0.6) is 5.75 Å². The van der Waals surface area contributed by atoms with Gasteiger partial charge in [-0.15, -0.1) is 0 Å². The van der Waals surface area contributed by atoms with Gasteiger partial charge in [0.15, 0.2) is 18.2 Å². The number of nitrogens with zero attached hydrogens (tertiary/aromatic N) is 1. The summed E-state index contributed by atoms with van der Waals surface area (Å²) in [5.41, 5.74) is 0.420. The van der Waals surface area contributed by atoms with E-state index in [0.717, 1.165) is 38.4 Å². The van der Waals surface area contributed by atoms with E-state index in [-0.39, 0.29) is 35.7 Å². The summed E-state index contributed by atoms with van der Waals surface area (Å²) in [6, 6.07) is 2.14. The number of rotatable bonds is 5. The zero-order valence-corrected chi connectivity index (χ0v) is 14.4. The monoisotopic (exact) mass is 366 g/mol. The maximum atomic E-state index is 14.0. The Hall–Kier alpha value is -2.39. The van der Waals surface area contributed by atoms with Gasteiger partial charge >= 0.3 is 6.03 Å². The molecule has 1 saturated heterocycles. The average molecular weight is 366 g/mol. The number of likely N-dealkylation sites (tertiary alicyclic amines) is 1. The van der Waals surface area contributed by atoms with Crippen LogP contribution in [0.2, 0.25) is 0 Å². The number of piperidine rings is 1. The second-order valence-corrected chi connectivity index (χ2v) is 6.50. The predicted octanol–water partition coefficient (Wildman–Crippen LogP) is 1.12. The van der Waals surface area contributed by atoms with Crippen LogP contribution in [-0.2, 0) is 4.79 Å². The van der Waals surface area contributed by atoms with E-state index in [9.17, 15) is 19.1 Å². The molecule has 0 bridgehead atoms. The van der Waals surface area contributed by atoms with Gasteiger partial charge in [-0.1, -0.05) is 0 Å². The molecule has 0 aliphatic carbocycles. The molecule has 2 aliphatic rings. The lowest BCUT2D eigenvalue weighted by Gasteiger charge is -2.29. The lowest BCUT2D eigenvalue weighted by atomic mass is 10.1. The van der Waals surface area contributed by atoms with Crippen LogP contribution >= 0.6 is 0 Å². The number of fused-ring (bicyclic) bond motifs is 1. The summed E-state index contributed by atoms with van der Waals surface area (Å²) in [5.74, 6) is -1.05. The van der Waals surface area contributed by atoms with Crippen LogP contribution < -0.4 is 20.7 Å². The molecule has 1 atom stereocenters. The number of aliphatic hydroxyl groups is 1. The summed E-state index contributed by atoms with van der Waals surface area (Å²) in [7, 11) is 0. The Labute approximate surface area is 150 Å². The highest BCUT2D eigenvalue weighted by Gasteiger charge is 2.21. The first kappa shape index (κ1) is 18.4. The normalized spacial score (nSPS) is 19.9. The van der Waals surface area contributed by atoms with Crippen molar-refractivity contribution < 1.29 is 23.8 Å². The molecule has 142 valence electrons. The van der Waals surface area contributed by atoms with E-state index in [1.165, 1.54) is 6.07 Å². The number of anilines is 2. The Morgan fingerprint density at radius 2 is 2.31 bits per heavy atom. The first-order valence-electron chi connectivity index (χ1n) is 8.73. The quantitative estimate of drug-likeness (QED) is 0.585.